The van der Waals surface area contributed by atoms with Crippen molar-refractivity contribution in [1.29, 1.82) is 0 Å². The molecule has 1 nitrogen and oxygen atoms in total. The van der Waals surface area contributed by atoms with E-state index in [1.165, 1.54) is 43.5 Å². The minimum Gasteiger partial charge on any atom is -0.299 e. The summed E-state index contributed by atoms with van der Waals surface area (Å²) in [6, 6.07) is 8.66. The first-order valence-corrected chi connectivity index (χ1v) is 6.28. The van der Waals surface area contributed by atoms with E-state index in [2.05, 4.69) is 29.2 Å². The summed E-state index contributed by atoms with van der Waals surface area (Å²) in [5, 5.41) is 0. The van der Waals surface area contributed by atoms with Crippen molar-refractivity contribution in [2.75, 3.05) is 13.1 Å². The van der Waals surface area contributed by atoms with Crippen molar-refractivity contribution in [1.82, 2.24) is 4.90 Å². The summed E-state index contributed by atoms with van der Waals surface area (Å²) in [6.45, 7) is 3.62. The number of alkyl halides is 1. The molecule has 1 heterocycles. The van der Waals surface area contributed by atoms with Crippen molar-refractivity contribution >= 4 is 24.0 Å². The molecule has 0 aromatic heterocycles. The van der Waals surface area contributed by atoms with Crippen LogP contribution in [0.3, 0.4) is 0 Å². The largest absolute Gasteiger partial charge is 0.299 e. The molecule has 3 heteroatoms. The number of likely N-dealkylation sites (tertiary alicyclic amines) is 1. The van der Waals surface area contributed by atoms with Gasteiger partial charge in [0.1, 0.15) is 0 Å². The predicted molar refractivity (Wildman–Crippen MR) is 72.4 cm³/mol. The van der Waals surface area contributed by atoms with Crippen LogP contribution in [0.1, 0.15) is 30.4 Å². The molecule has 1 aliphatic rings. The first-order valence-electron chi connectivity index (χ1n) is 5.74. The van der Waals surface area contributed by atoms with E-state index in [1.807, 2.05) is 0 Å². The molecule has 0 aliphatic carbocycles. The third kappa shape index (κ3) is 3.97. The maximum atomic E-state index is 5.76. The van der Waals surface area contributed by atoms with Gasteiger partial charge in [0.2, 0.25) is 0 Å². The minimum absolute atomic E-state index is 0. The molecule has 1 aromatic rings. The molecule has 0 atom stereocenters. The van der Waals surface area contributed by atoms with E-state index < -0.39 is 0 Å². The van der Waals surface area contributed by atoms with Crippen molar-refractivity contribution < 1.29 is 0 Å². The fraction of sp³-hybridized carbons (Fsp3) is 0.538. The van der Waals surface area contributed by atoms with Crippen molar-refractivity contribution in [3.63, 3.8) is 0 Å². The van der Waals surface area contributed by atoms with Crippen LogP contribution in [0.5, 0.6) is 0 Å². The van der Waals surface area contributed by atoms with Crippen LogP contribution in [-0.2, 0) is 12.4 Å². The highest BCUT2D eigenvalue weighted by atomic mass is 35.5. The monoisotopic (exact) mass is 259 g/mol. The Morgan fingerprint density at radius 2 is 1.50 bits per heavy atom. The number of rotatable bonds is 3. The topological polar surface area (TPSA) is 3.24 Å². The van der Waals surface area contributed by atoms with E-state index in [9.17, 15) is 0 Å². The van der Waals surface area contributed by atoms with Gasteiger partial charge in [0.15, 0.2) is 0 Å². The third-order valence-corrected chi connectivity index (χ3v) is 3.34. The summed E-state index contributed by atoms with van der Waals surface area (Å²) in [6.07, 6.45) is 4.13. The summed E-state index contributed by atoms with van der Waals surface area (Å²) < 4.78 is 0. The Hall–Kier alpha value is -0.240. The maximum absolute atomic E-state index is 5.76. The standard InChI is InChI=1S/C13H18ClN.ClH/c14-10-12-4-6-13(7-5-12)11-15-8-2-1-3-9-15;/h4-7H,1-3,8-11H2;1H. The van der Waals surface area contributed by atoms with Crippen LogP contribution in [0.25, 0.3) is 0 Å². The fourth-order valence-corrected chi connectivity index (χ4v) is 2.29. The van der Waals surface area contributed by atoms with Crippen LogP contribution >= 0.6 is 24.0 Å². The zero-order valence-electron chi connectivity index (χ0n) is 9.49. The zero-order chi connectivity index (χ0) is 10.5. The Labute approximate surface area is 109 Å². The van der Waals surface area contributed by atoms with E-state index in [1.54, 1.807) is 0 Å². The highest BCUT2D eigenvalue weighted by Crippen LogP contribution is 2.14. The molecule has 1 aliphatic heterocycles. The molecule has 0 spiro atoms. The molecule has 1 aromatic carbocycles. The van der Waals surface area contributed by atoms with E-state index in [0.717, 1.165) is 6.54 Å². The second-order valence-electron chi connectivity index (χ2n) is 4.29. The van der Waals surface area contributed by atoms with Gasteiger partial charge in [0.25, 0.3) is 0 Å². The Morgan fingerprint density at radius 3 is 2.06 bits per heavy atom. The van der Waals surface area contributed by atoms with E-state index >= 15 is 0 Å². The SMILES string of the molecule is Cl.ClCc1ccc(CN2CCCCC2)cc1. The second kappa shape index (κ2) is 7.16. The lowest BCUT2D eigenvalue weighted by atomic mass is 10.1. The van der Waals surface area contributed by atoms with Gasteiger partial charge in [-0.05, 0) is 37.1 Å². The third-order valence-electron chi connectivity index (χ3n) is 3.03. The molecule has 0 bridgehead atoms. The van der Waals surface area contributed by atoms with Gasteiger partial charge in [-0.3, -0.25) is 4.90 Å². The summed E-state index contributed by atoms with van der Waals surface area (Å²) >= 11 is 5.76. The summed E-state index contributed by atoms with van der Waals surface area (Å²) in [7, 11) is 0. The molecular formula is C13H19Cl2N. The van der Waals surface area contributed by atoms with Gasteiger partial charge in [0.05, 0.1) is 0 Å². The first-order chi connectivity index (χ1) is 7.38. The quantitative estimate of drug-likeness (QED) is 0.746. The van der Waals surface area contributed by atoms with Gasteiger partial charge in [-0.15, -0.1) is 24.0 Å². The Kier molecular flexibility index (Phi) is 6.18. The Bertz CT molecular complexity index is 291. The molecule has 0 N–H and O–H groups in total. The number of hydrogen-bond donors (Lipinski definition) is 0. The first kappa shape index (κ1) is 13.8. The fourth-order valence-electron chi connectivity index (χ4n) is 2.11. The summed E-state index contributed by atoms with van der Waals surface area (Å²) in [5.74, 6) is 0.615. The van der Waals surface area contributed by atoms with Gasteiger partial charge in [0, 0.05) is 12.4 Å². The zero-order valence-corrected chi connectivity index (χ0v) is 11.1. The normalized spacial score (nSPS) is 16.8. The van der Waals surface area contributed by atoms with Crippen LogP contribution in [0, 0.1) is 0 Å². The molecule has 2 rings (SSSR count). The average molecular weight is 260 g/mol. The van der Waals surface area contributed by atoms with Gasteiger partial charge in [-0.1, -0.05) is 30.7 Å². The number of halogens is 2. The average Bonchev–Trinajstić information content (AvgIpc) is 2.31. The molecule has 0 unspecified atom stereocenters. The second-order valence-corrected chi connectivity index (χ2v) is 4.55. The summed E-state index contributed by atoms with van der Waals surface area (Å²) in [5.41, 5.74) is 2.62. The lowest BCUT2D eigenvalue weighted by Gasteiger charge is -2.26. The van der Waals surface area contributed by atoms with E-state index in [0.29, 0.717) is 5.88 Å². The van der Waals surface area contributed by atoms with Crippen molar-refractivity contribution in [3.8, 4) is 0 Å². The number of hydrogen-bond acceptors (Lipinski definition) is 1. The molecule has 0 saturated carbocycles. The van der Waals surface area contributed by atoms with Gasteiger partial charge < -0.3 is 0 Å². The van der Waals surface area contributed by atoms with Crippen LogP contribution in [0.4, 0.5) is 0 Å². The molecule has 1 fully saturated rings. The molecule has 16 heavy (non-hydrogen) atoms. The lowest BCUT2D eigenvalue weighted by molar-refractivity contribution is 0.221. The van der Waals surface area contributed by atoms with Gasteiger partial charge in [-0.2, -0.15) is 0 Å². The maximum Gasteiger partial charge on any atom is 0.0474 e. The summed E-state index contributed by atoms with van der Waals surface area (Å²) in [4.78, 5) is 2.54. The Morgan fingerprint density at radius 1 is 0.938 bits per heavy atom. The molecule has 1 saturated heterocycles. The highest BCUT2D eigenvalue weighted by molar-refractivity contribution is 6.17. The predicted octanol–water partition coefficient (Wildman–Crippen LogP) is 3.83. The number of piperidine rings is 1. The van der Waals surface area contributed by atoms with Crippen molar-refractivity contribution in [2.24, 2.45) is 0 Å². The smallest absolute Gasteiger partial charge is 0.0474 e. The van der Waals surface area contributed by atoms with Crippen LogP contribution < -0.4 is 0 Å². The van der Waals surface area contributed by atoms with Crippen LogP contribution in [0.2, 0.25) is 0 Å². The number of benzene rings is 1. The molecular weight excluding hydrogens is 241 g/mol. The molecule has 0 radical (unpaired) electrons. The Balaban J connectivity index is 0.00000128. The van der Waals surface area contributed by atoms with Crippen LogP contribution in [-0.4, -0.2) is 18.0 Å². The van der Waals surface area contributed by atoms with Gasteiger partial charge >= 0.3 is 0 Å². The van der Waals surface area contributed by atoms with Crippen molar-refractivity contribution in [2.45, 2.75) is 31.7 Å². The van der Waals surface area contributed by atoms with E-state index in [-0.39, 0.29) is 12.4 Å². The van der Waals surface area contributed by atoms with Crippen LogP contribution in [0.15, 0.2) is 24.3 Å². The minimum atomic E-state index is 0. The number of nitrogens with zero attached hydrogens (tertiary/aromatic N) is 1. The van der Waals surface area contributed by atoms with Crippen molar-refractivity contribution in [3.05, 3.63) is 35.4 Å². The molecule has 0 amide bonds. The lowest BCUT2D eigenvalue weighted by Crippen LogP contribution is -2.29. The van der Waals surface area contributed by atoms with E-state index in [4.69, 9.17) is 11.6 Å². The molecule has 90 valence electrons. The van der Waals surface area contributed by atoms with Gasteiger partial charge in [-0.25, -0.2) is 0 Å². The highest BCUT2D eigenvalue weighted by Gasteiger charge is 2.09.